The van der Waals surface area contributed by atoms with Gasteiger partial charge < -0.3 is 19.5 Å². The largest absolute Gasteiger partial charge is 0.466 e. The van der Waals surface area contributed by atoms with Crippen molar-refractivity contribution >= 4 is 56.6 Å². The maximum Gasteiger partial charge on any atom is 0.333 e. The van der Waals surface area contributed by atoms with Gasteiger partial charge in [0.2, 0.25) is 0 Å². The molecule has 2 rings (SSSR count). The number of benzene rings is 2. The van der Waals surface area contributed by atoms with Gasteiger partial charge in [0.25, 0.3) is 0 Å². The third-order valence-corrected chi connectivity index (χ3v) is 4.45. The number of fused-ring (bicyclic) bond motifs is 1. The molecule has 0 aliphatic rings. The van der Waals surface area contributed by atoms with Crippen LogP contribution >= 0.6 is 34.2 Å². The van der Waals surface area contributed by atoms with Crippen molar-refractivity contribution in [3.63, 3.8) is 0 Å². The molecule has 0 saturated carbocycles. The molecule has 7 heteroatoms. The van der Waals surface area contributed by atoms with Crippen LogP contribution in [0.5, 0.6) is 5.75 Å². The lowest BCUT2D eigenvalue weighted by Crippen LogP contribution is -2.35. The fourth-order valence-electron chi connectivity index (χ4n) is 2.49. The van der Waals surface area contributed by atoms with Gasteiger partial charge in [0.15, 0.2) is 6.79 Å². The van der Waals surface area contributed by atoms with Crippen molar-refractivity contribution in [1.82, 2.24) is 0 Å². The Bertz CT molecular complexity index is 833. The Morgan fingerprint density at radius 1 is 1.30 bits per heavy atom. The average molecular weight is 504 g/mol. The molecule has 0 aliphatic heterocycles. The van der Waals surface area contributed by atoms with Gasteiger partial charge in [-0.2, -0.15) is 0 Å². The van der Waals surface area contributed by atoms with Gasteiger partial charge in [-0.3, -0.25) is 0 Å². The standard InChI is InChI=1S/C20H23ClINO4/c1-20(2,3)27-19(24)16(9-10-21)23-17-11-15(22)18(26-12-25-4)14-8-6-5-7-13(14)17/h5-11,16,23H,12H2,1-4H3/b10-9+. The van der Waals surface area contributed by atoms with Crippen LogP contribution in [-0.2, 0) is 14.3 Å². The highest BCUT2D eigenvalue weighted by Gasteiger charge is 2.24. The van der Waals surface area contributed by atoms with E-state index in [4.69, 9.17) is 25.8 Å². The second-order valence-electron chi connectivity index (χ2n) is 6.81. The van der Waals surface area contributed by atoms with Crippen LogP contribution in [0.25, 0.3) is 10.8 Å². The molecule has 0 bridgehead atoms. The van der Waals surface area contributed by atoms with Gasteiger partial charge in [-0.15, -0.1) is 0 Å². The fraction of sp³-hybridized carbons (Fsp3) is 0.350. The Hall–Kier alpha value is -1.51. The molecular weight excluding hydrogens is 481 g/mol. The van der Waals surface area contributed by atoms with Gasteiger partial charge in [-0.05, 0) is 55.5 Å². The Labute approximate surface area is 178 Å². The van der Waals surface area contributed by atoms with Gasteiger partial charge in [-0.25, -0.2) is 4.79 Å². The van der Waals surface area contributed by atoms with Crippen LogP contribution in [0.4, 0.5) is 5.69 Å². The zero-order valence-electron chi connectivity index (χ0n) is 15.7. The predicted octanol–water partition coefficient (Wildman–Crippen LogP) is 5.30. The number of anilines is 1. The van der Waals surface area contributed by atoms with Crippen LogP contribution in [0.1, 0.15) is 20.8 Å². The molecule has 0 radical (unpaired) electrons. The van der Waals surface area contributed by atoms with Crippen molar-refractivity contribution in [3.05, 3.63) is 45.5 Å². The number of halogens is 2. The third kappa shape index (κ3) is 5.99. The Morgan fingerprint density at radius 3 is 2.56 bits per heavy atom. The van der Waals surface area contributed by atoms with Crippen LogP contribution in [0, 0.1) is 3.57 Å². The second kappa shape index (κ2) is 9.61. The number of rotatable bonds is 7. The minimum Gasteiger partial charge on any atom is -0.466 e. The molecule has 0 amide bonds. The van der Waals surface area contributed by atoms with Gasteiger partial charge in [0.05, 0.1) is 3.57 Å². The molecule has 5 nitrogen and oxygen atoms in total. The summed E-state index contributed by atoms with van der Waals surface area (Å²) in [7, 11) is 1.58. The van der Waals surface area contributed by atoms with Gasteiger partial charge >= 0.3 is 5.97 Å². The molecule has 27 heavy (non-hydrogen) atoms. The van der Waals surface area contributed by atoms with Crippen molar-refractivity contribution in [1.29, 1.82) is 0 Å². The topological polar surface area (TPSA) is 56.8 Å². The van der Waals surface area contributed by atoms with E-state index in [0.717, 1.165) is 25.8 Å². The minimum absolute atomic E-state index is 0.155. The summed E-state index contributed by atoms with van der Waals surface area (Å²) >= 11 is 7.95. The summed E-state index contributed by atoms with van der Waals surface area (Å²) in [4.78, 5) is 12.5. The van der Waals surface area contributed by atoms with Crippen molar-refractivity contribution in [3.8, 4) is 5.75 Å². The molecule has 0 fully saturated rings. The maximum atomic E-state index is 12.5. The maximum absolute atomic E-state index is 12.5. The first kappa shape index (κ1) is 21.8. The van der Waals surface area contributed by atoms with Gasteiger partial charge in [0, 0.05) is 29.1 Å². The lowest BCUT2D eigenvalue weighted by molar-refractivity contribution is -0.154. The molecule has 146 valence electrons. The first-order valence-corrected chi connectivity index (χ1v) is 9.87. The Balaban J connectivity index is 2.43. The first-order valence-electron chi connectivity index (χ1n) is 8.36. The van der Waals surface area contributed by atoms with Crippen LogP contribution in [0.15, 0.2) is 41.9 Å². The van der Waals surface area contributed by atoms with Crippen LogP contribution in [0.2, 0.25) is 0 Å². The molecule has 1 atom stereocenters. The quantitative estimate of drug-likeness (QED) is 0.316. The van der Waals surface area contributed by atoms with Crippen LogP contribution in [0.3, 0.4) is 0 Å². The molecule has 1 unspecified atom stereocenters. The number of carbonyl (C=O) groups is 1. The first-order chi connectivity index (χ1) is 12.8. The summed E-state index contributed by atoms with van der Waals surface area (Å²) in [5.41, 5.74) is 1.50. The van der Waals surface area contributed by atoms with Crippen molar-refractivity contribution < 1.29 is 19.0 Å². The van der Waals surface area contributed by atoms with E-state index in [9.17, 15) is 4.79 Å². The number of nitrogens with one attached hydrogen (secondary N) is 1. The van der Waals surface area contributed by atoms with E-state index in [2.05, 4.69) is 27.9 Å². The van der Waals surface area contributed by atoms with E-state index in [1.54, 1.807) is 13.2 Å². The number of hydrogen-bond acceptors (Lipinski definition) is 5. The molecule has 0 spiro atoms. The number of hydrogen-bond donors (Lipinski definition) is 1. The Morgan fingerprint density at radius 2 is 1.96 bits per heavy atom. The van der Waals surface area contributed by atoms with Crippen LogP contribution < -0.4 is 10.1 Å². The predicted molar refractivity (Wildman–Crippen MR) is 117 cm³/mol. The van der Waals surface area contributed by atoms with E-state index >= 15 is 0 Å². The van der Waals surface area contributed by atoms with Gasteiger partial charge in [0.1, 0.15) is 17.4 Å². The zero-order valence-corrected chi connectivity index (χ0v) is 18.6. The fourth-order valence-corrected chi connectivity index (χ4v) is 3.39. The molecule has 0 aromatic heterocycles. The normalized spacial score (nSPS) is 13.0. The second-order valence-corrected chi connectivity index (χ2v) is 8.22. The SMILES string of the molecule is COCOc1c(I)cc(NC(/C=C/Cl)C(=O)OC(C)(C)C)c2ccccc12. The zero-order chi connectivity index (χ0) is 20.0. The molecule has 2 aromatic rings. The molecular formula is C20H23ClINO4. The molecule has 1 N–H and O–H groups in total. The van der Waals surface area contributed by atoms with E-state index in [1.165, 1.54) is 5.54 Å². The molecule has 2 aromatic carbocycles. The summed E-state index contributed by atoms with van der Waals surface area (Å²) in [5.74, 6) is 0.332. The highest BCUT2D eigenvalue weighted by atomic mass is 127. The highest BCUT2D eigenvalue weighted by Crippen LogP contribution is 2.36. The van der Waals surface area contributed by atoms with Gasteiger partial charge in [-0.1, -0.05) is 35.9 Å². The summed E-state index contributed by atoms with van der Waals surface area (Å²) in [5, 5.41) is 5.07. The third-order valence-electron chi connectivity index (χ3n) is 3.51. The van der Waals surface area contributed by atoms with Crippen molar-refractivity contribution in [2.45, 2.75) is 32.4 Å². The smallest absolute Gasteiger partial charge is 0.333 e. The minimum atomic E-state index is -0.716. The molecule has 0 heterocycles. The van der Waals surface area contributed by atoms with Crippen molar-refractivity contribution in [2.75, 3.05) is 19.2 Å². The average Bonchev–Trinajstić information content (AvgIpc) is 2.59. The molecule has 0 aliphatic carbocycles. The van der Waals surface area contributed by atoms with E-state index in [1.807, 2.05) is 51.1 Å². The summed E-state index contributed by atoms with van der Waals surface area (Å²) in [6, 6.07) is 9.00. The van der Waals surface area contributed by atoms with E-state index in [-0.39, 0.29) is 6.79 Å². The summed E-state index contributed by atoms with van der Waals surface area (Å²) < 4.78 is 17.1. The number of methoxy groups -OCH3 is 1. The summed E-state index contributed by atoms with van der Waals surface area (Å²) in [6.45, 7) is 5.63. The van der Waals surface area contributed by atoms with E-state index in [0.29, 0.717) is 0 Å². The van der Waals surface area contributed by atoms with E-state index < -0.39 is 17.6 Å². The number of esters is 1. The molecule has 0 saturated heterocycles. The lowest BCUT2D eigenvalue weighted by atomic mass is 10.1. The Kier molecular flexibility index (Phi) is 7.76. The van der Waals surface area contributed by atoms with Crippen molar-refractivity contribution in [2.24, 2.45) is 0 Å². The lowest BCUT2D eigenvalue weighted by Gasteiger charge is -2.24. The number of ether oxygens (including phenoxy) is 3. The number of carbonyl (C=O) groups excluding carboxylic acids is 1. The monoisotopic (exact) mass is 503 g/mol. The van der Waals surface area contributed by atoms with Crippen LogP contribution in [-0.4, -0.2) is 31.5 Å². The summed E-state index contributed by atoms with van der Waals surface area (Å²) in [6.07, 6.45) is 1.56. The highest BCUT2D eigenvalue weighted by molar-refractivity contribution is 14.1.